The summed E-state index contributed by atoms with van der Waals surface area (Å²) in [4.78, 5) is 16.9. The maximum atomic E-state index is 12.4. The first-order valence-electron chi connectivity index (χ1n) is 7.18. The van der Waals surface area contributed by atoms with Crippen molar-refractivity contribution < 1.29 is 9.90 Å². The molecule has 3 rings (SSSR count). The number of aliphatic hydroxyl groups is 1. The Hall–Kier alpha value is -0.0700. The summed E-state index contributed by atoms with van der Waals surface area (Å²) >= 11 is 0. The number of carbonyl (C=O) groups is 1. The quantitative estimate of drug-likeness (QED) is 0.725. The third-order valence-corrected chi connectivity index (χ3v) is 4.55. The first-order valence-corrected chi connectivity index (χ1v) is 7.18. The Morgan fingerprint density at radius 1 is 1.15 bits per heavy atom. The van der Waals surface area contributed by atoms with Gasteiger partial charge >= 0.3 is 0 Å². The maximum Gasteiger partial charge on any atom is 0.239 e. The Bertz CT molecular complexity index is 333. The lowest BCUT2D eigenvalue weighted by molar-refractivity contribution is -0.136. The van der Waals surface area contributed by atoms with E-state index in [-0.39, 0.29) is 42.9 Å². The molecule has 118 valence electrons. The van der Waals surface area contributed by atoms with Crippen molar-refractivity contribution in [3.05, 3.63) is 0 Å². The molecule has 0 aromatic heterocycles. The summed E-state index contributed by atoms with van der Waals surface area (Å²) in [7, 11) is 0. The maximum absolute atomic E-state index is 12.4. The number of piperazine rings is 1. The molecule has 0 radical (unpaired) electrons. The van der Waals surface area contributed by atoms with E-state index in [0.29, 0.717) is 19.0 Å². The molecule has 5 nitrogen and oxygen atoms in total. The van der Waals surface area contributed by atoms with Crippen molar-refractivity contribution in [2.75, 3.05) is 32.7 Å². The number of hydrogen-bond acceptors (Lipinski definition) is 4. The van der Waals surface area contributed by atoms with E-state index < -0.39 is 0 Å². The molecule has 0 spiro atoms. The zero-order chi connectivity index (χ0) is 12.5. The number of fused-ring (bicyclic) bond motifs is 1. The van der Waals surface area contributed by atoms with E-state index in [1.54, 1.807) is 0 Å². The predicted octanol–water partition coefficient (Wildman–Crippen LogP) is 0.250. The molecule has 0 saturated carbocycles. The average molecular weight is 326 g/mol. The number of aliphatic hydroxyl groups excluding tert-OH is 1. The molecule has 7 heteroatoms. The molecule has 0 aliphatic carbocycles. The Labute approximate surface area is 132 Å². The van der Waals surface area contributed by atoms with E-state index in [0.717, 1.165) is 19.6 Å². The third-order valence-electron chi connectivity index (χ3n) is 4.55. The van der Waals surface area contributed by atoms with Crippen LogP contribution in [0.2, 0.25) is 0 Å². The van der Waals surface area contributed by atoms with Crippen LogP contribution in [0.1, 0.15) is 25.7 Å². The number of halogens is 2. The standard InChI is InChI=1S/C13H23N3O2.2ClH/c17-11-7-12(14-8-11)13(18)16-6-5-15-4-2-1-3-10(15)9-16;;/h10-12,14,17H,1-9H2;2*1H. The molecule has 2 N–H and O–H groups in total. The molecule has 0 aromatic rings. The zero-order valence-electron chi connectivity index (χ0n) is 11.7. The van der Waals surface area contributed by atoms with Gasteiger partial charge in [-0.15, -0.1) is 24.8 Å². The van der Waals surface area contributed by atoms with Gasteiger partial charge in [-0.2, -0.15) is 0 Å². The molecule has 3 heterocycles. The van der Waals surface area contributed by atoms with Gasteiger partial charge in [-0.1, -0.05) is 6.42 Å². The number of carbonyl (C=O) groups excluding carboxylic acids is 1. The van der Waals surface area contributed by atoms with Crippen LogP contribution in [-0.4, -0.2) is 71.7 Å². The van der Waals surface area contributed by atoms with Crippen molar-refractivity contribution in [3.63, 3.8) is 0 Å². The molecule has 0 aromatic carbocycles. The van der Waals surface area contributed by atoms with Gasteiger partial charge in [0.05, 0.1) is 12.1 Å². The van der Waals surface area contributed by atoms with Crippen molar-refractivity contribution >= 4 is 30.7 Å². The summed E-state index contributed by atoms with van der Waals surface area (Å²) in [6.45, 7) is 4.51. The van der Waals surface area contributed by atoms with Gasteiger partial charge in [0.2, 0.25) is 5.91 Å². The molecule has 3 atom stereocenters. The van der Waals surface area contributed by atoms with Crippen LogP contribution < -0.4 is 5.32 Å². The van der Waals surface area contributed by atoms with Gasteiger partial charge in [0, 0.05) is 32.2 Å². The van der Waals surface area contributed by atoms with Gasteiger partial charge in [-0.25, -0.2) is 0 Å². The topological polar surface area (TPSA) is 55.8 Å². The molecule has 3 unspecified atom stereocenters. The molecule has 3 fully saturated rings. The van der Waals surface area contributed by atoms with Crippen LogP contribution in [0.25, 0.3) is 0 Å². The Kier molecular flexibility index (Phi) is 7.01. The molecule has 1 amide bonds. The van der Waals surface area contributed by atoms with E-state index in [1.807, 2.05) is 4.90 Å². The lowest BCUT2D eigenvalue weighted by Gasteiger charge is -2.44. The highest BCUT2D eigenvalue weighted by molar-refractivity contribution is 5.85. The van der Waals surface area contributed by atoms with Gasteiger partial charge in [-0.3, -0.25) is 9.69 Å². The van der Waals surface area contributed by atoms with Crippen molar-refractivity contribution in [1.29, 1.82) is 0 Å². The van der Waals surface area contributed by atoms with Crippen LogP contribution in [0.15, 0.2) is 0 Å². The fourth-order valence-electron chi connectivity index (χ4n) is 3.48. The van der Waals surface area contributed by atoms with E-state index in [1.165, 1.54) is 25.8 Å². The van der Waals surface area contributed by atoms with Crippen molar-refractivity contribution in [1.82, 2.24) is 15.1 Å². The van der Waals surface area contributed by atoms with Gasteiger partial charge in [0.25, 0.3) is 0 Å². The predicted molar refractivity (Wildman–Crippen MR) is 82.7 cm³/mol. The molecule has 3 aliphatic rings. The van der Waals surface area contributed by atoms with Crippen LogP contribution in [0.5, 0.6) is 0 Å². The fourth-order valence-corrected chi connectivity index (χ4v) is 3.48. The summed E-state index contributed by atoms with van der Waals surface area (Å²) in [5, 5.41) is 12.6. The molecular weight excluding hydrogens is 301 g/mol. The number of rotatable bonds is 1. The number of nitrogens with one attached hydrogen (secondary N) is 1. The lowest BCUT2D eigenvalue weighted by atomic mass is 9.99. The third kappa shape index (κ3) is 3.77. The largest absolute Gasteiger partial charge is 0.392 e. The minimum atomic E-state index is -0.352. The van der Waals surface area contributed by atoms with Gasteiger partial charge in [0.1, 0.15) is 0 Å². The minimum absolute atomic E-state index is 0. The molecular formula is C13H25Cl2N3O2. The van der Waals surface area contributed by atoms with Crippen LogP contribution in [0, 0.1) is 0 Å². The Balaban J connectivity index is 0.000001000. The first-order chi connectivity index (χ1) is 8.74. The fraction of sp³-hybridized carbons (Fsp3) is 0.923. The second kappa shape index (κ2) is 7.80. The van der Waals surface area contributed by atoms with Crippen molar-refractivity contribution in [2.45, 2.75) is 43.9 Å². The molecule has 3 aliphatic heterocycles. The lowest BCUT2D eigenvalue weighted by Crippen LogP contribution is -2.58. The second-order valence-electron chi connectivity index (χ2n) is 5.82. The summed E-state index contributed by atoms with van der Waals surface area (Å²) in [6, 6.07) is 0.415. The highest BCUT2D eigenvalue weighted by atomic mass is 35.5. The van der Waals surface area contributed by atoms with Crippen molar-refractivity contribution in [3.8, 4) is 0 Å². The summed E-state index contributed by atoms with van der Waals surface area (Å²) in [6.07, 6.45) is 4.05. The van der Waals surface area contributed by atoms with Crippen LogP contribution in [-0.2, 0) is 4.79 Å². The van der Waals surface area contributed by atoms with Crippen molar-refractivity contribution in [2.24, 2.45) is 0 Å². The van der Waals surface area contributed by atoms with E-state index in [9.17, 15) is 9.90 Å². The second-order valence-corrected chi connectivity index (χ2v) is 5.82. The summed E-state index contributed by atoms with van der Waals surface area (Å²) in [5.74, 6) is 0.191. The number of amides is 1. The number of piperidine rings is 1. The highest BCUT2D eigenvalue weighted by Gasteiger charge is 2.36. The zero-order valence-corrected chi connectivity index (χ0v) is 13.3. The van der Waals surface area contributed by atoms with E-state index >= 15 is 0 Å². The van der Waals surface area contributed by atoms with Gasteiger partial charge in [-0.05, 0) is 25.8 Å². The Morgan fingerprint density at radius 3 is 2.65 bits per heavy atom. The summed E-state index contributed by atoms with van der Waals surface area (Å²) < 4.78 is 0. The van der Waals surface area contributed by atoms with E-state index in [2.05, 4.69) is 10.2 Å². The minimum Gasteiger partial charge on any atom is -0.392 e. The highest BCUT2D eigenvalue weighted by Crippen LogP contribution is 2.22. The average Bonchev–Trinajstić information content (AvgIpc) is 2.84. The Morgan fingerprint density at radius 2 is 1.95 bits per heavy atom. The van der Waals surface area contributed by atoms with E-state index in [4.69, 9.17) is 0 Å². The first kappa shape index (κ1) is 18.0. The molecule has 0 bridgehead atoms. The number of β-amino-alcohol motifs (C(OH)–C–C–N with tert-alkyl or cyclic N) is 1. The smallest absolute Gasteiger partial charge is 0.239 e. The van der Waals surface area contributed by atoms with Crippen LogP contribution in [0.4, 0.5) is 0 Å². The monoisotopic (exact) mass is 325 g/mol. The van der Waals surface area contributed by atoms with Gasteiger partial charge < -0.3 is 15.3 Å². The summed E-state index contributed by atoms with van der Waals surface area (Å²) in [5.41, 5.74) is 0. The molecule has 20 heavy (non-hydrogen) atoms. The van der Waals surface area contributed by atoms with Gasteiger partial charge in [0.15, 0.2) is 0 Å². The normalized spacial score (nSPS) is 33.9. The molecule has 3 saturated heterocycles. The van der Waals surface area contributed by atoms with Crippen LogP contribution >= 0.6 is 24.8 Å². The number of hydrogen-bond donors (Lipinski definition) is 2. The number of nitrogens with zero attached hydrogens (tertiary/aromatic N) is 2. The SMILES string of the molecule is Cl.Cl.O=C(C1CC(O)CN1)N1CCN2CCCCC2C1. The van der Waals surface area contributed by atoms with Crippen LogP contribution in [0.3, 0.4) is 0 Å².